The topological polar surface area (TPSA) is 121 Å². The van der Waals surface area contributed by atoms with Crippen LogP contribution in [0.2, 0.25) is 0 Å². The minimum Gasteiger partial charge on any atom is -0.369 e. The molecule has 1 saturated heterocycles. The van der Waals surface area contributed by atoms with Crippen LogP contribution in [0.15, 0.2) is 82.5 Å². The molecule has 9 nitrogen and oxygen atoms in total. The van der Waals surface area contributed by atoms with Crippen LogP contribution in [0.3, 0.4) is 0 Å². The molecule has 1 aliphatic heterocycles. The number of anilines is 4. The van der Waals surface area contributed by atoms with Crippen LogP contribution in [-0.4, -0.2) is 57.4 Å². The molecule has 38 heavy (non-hydrogen) atoms. The number of nitrogens with one attached hydrogen (secondary N) is 2. The summed E-state index contributed by atoms with van der Waals surface area (Å²) >= 11 is 1.15. The standard InChI is InChI=1S/C27H28N6O3S2/c1-32-11-13-33(14-12-32)23-9-7-21(8-10-23)30-24-17-20(18-29-26(24)27(28)34)19-4-2-5-22(16-19)31-38(35,36)25-6-3-15-37-25/h2-10,15-18,30-31H,11-14H2,1H3,(H2,28,34). The van der Waals surface area contributed by atoms with Crippen LogP contribution in [0.4, 0.5) is 22.7 Å². The first-order chi connectivity index (χ1) is 18.3. The number of aromatic nitrogens is 1. The van der Waals surface area contributed by atoms with Gasteiger partial charge in [-0.25, -0.2) is 13.4 Å². The fraction of sp³-hybridized carbons (Fsp3) is 0.185. The highest BCUT2D eigenvalue weighted by atomic mass is 32.2. The molecule has 1 fully saturated rings. The van der Waals surface area contributed by atoms with Crippen molar-refractivity contribution in [2.45, 2.75) is 4.21 Å². The van der Waals surface area contributed by atoms with Gasteiger partial charge in [0.15, 0.2) is 5.69 Å². The summed E-state index contributed by atoms with van der Waals surface area (Å²) in [7, 11) is -1.55. The molecule has 0 bridgehead atoms. The molecule has 0 radical (unpaired) electrons. The molecule has 5 rings (SSSR count). The molecule has 2 aromatic carbocycles. The van der Waals surface area contributed by atoms with Crippen molar-refractivity contribution in [3.8, 4) is 11.1 Å². The molecular formula is C27H28N6O3S2. The Kier molecular flexibility index (Phi) is 7.32. The summed E-state index contributed by atoms with van der Waals surface area (Å²) in [4.78, 5) is 21.1. The number of sulfonamides is 1. The SMILES string of the molecule is CN1CCN(c2ccc(Nc3cc(-c4cccc(NS(=O)(=O)c5cccs5)c4)cnc3C(N)=O)cc2)CC1. The summed E-state index contributed by atoms with van der Waals surface area (Å²) < 4.78 is 28.1. The van der Waals surface area contributed by atoms with E-state index in [-0.39, 0.29) is 9.90 Å². The number of benzene rings is 2. The zero-order chi connectivity index (χ0) is 26.7. The fourth-order valence-electron chi connectivity index (χ4n) is 4.27. The Labute approximate surface area is 226 Å². The van der Waals surface area contributed by atoms with E-state index in [1.54, 1.807) is 48.0 Å². The number of hydrogen-bond acceptors (Lipinski definition) is 8. The van der Waals surface area contributed by atoms with Crippen LogP contribution in [-0.2, 0) is 10.0 Å². The molecule has 11 heteroatoms. The van der Waals surface area contributed by atoms with Crippen molar-refractivity contribution < 1.29 is 13.2 Å². The van der Waals surface area contributed by atoms with E-state index >= 15 is 0 Å². The third kappa shape index (κ3) is 5.80. The summed E-state index contributed by atoms with van der Waals surface area (Å²) in [6, 6.07) is 20.1. The second-order valence-corrected chi connectivity index (χ2v) is 11.9. The second-order valence-electron chi connectivity index (χ2n) is 9.06. The molecule has 1 amide bonds. The molecule has 4 aromatic rings. The second kappa shape index (κ2) is 10.8. The lowest BCUT2D eigenvalue weighted by atomic mass is 10.1. The molecular weight excluding hydrogens is 520 g/mol. The Balaban J connectivity index is 1.38. The summed E-state index contributed by atoms with van der Waals surface area (Å²) in [5, 5.41) is 4.99. The summed E-state index contributed by atoms with van der Waals surface area (Å²) in [6.45, 7) is 4.00. The summed E-state index contributed by atoms with van der Waals surface area (Å²) in [6.07, 6.45) is 1.55. The van der Waals surface area contributed by atoms with Gasteiger partial charge in [0.25, 0.3) is 15.9 Å². The van der Waals surface area contributed by atoms with E-state index in [1.807, 2.05) is 18.2 Å². The van der Waals surface area contributed by atoms with Gasteiger partial charge >= 0.3 is 0 Å². The number of piperazine rings is 1. The number of rotatable bonds is 8. The van der Waals surface area contributed by atoms with Crippen LogP contribution < -0.4 is 20.7 Å². The average molecular weight is 549 g/mol. The van der Waals surface area contributed by atoms with Crippen molar-refractivity contribution >= 4 is 50.0 Å². The van der Waals surface area contributed by atoms with Gasteiger partial charge in [-0.15, -0.1) is 11.3 Å². The molecule has 3 heterocycles. The lowest BCUT2D eigenvalue weighted by Gasteiger charge is -2.34. The van der Waals surface area contributed by atoms with Crippen LogP contribution in [0.25, 0.3) is 11.1 Å². The molecule has 0 spiro atoms. The molecule has 2 aromatic heterocycles. The minimum absolute atomic E-state index is 0.117. The maximum Gasteiger partial charge on any atom is 0.271 e. The van der Waals surface area contributed by atoms with Gasteiger partial charge in [0.2, 0.25) is 0 Å². The van der Waals surface area contributed by atoms with Crippen molar-refractivity contribution in [2.24, 2.45) is 5.73 Å². The Bertz CT molecular complexity index is 1530. The first-order valence-electron chi connectivity index (χ1n) is 12.1. The predicted octanol–water partition coefficient (Wildman–Crippen LogP) is 4.21. The van der Waals surface area contributed by atoms with Gasteiger partial charge in [0, 0.05) is 55.0 Å². The van der Waals surface area contributed by atoms with Gasteiger partial charge in [-0.05, 0) is 66.5 Å². The number of likely N-dealkylation sites (N-methyl/N-ethyl adjacent to an activating group) is 1. The predicted molar refractivity (Wildman–Crippen MR) is 153 cm³/mol. The number of hydrogen-bond donors (Lipinski definition) is 3. The number of nitrogens with two attached hydrogens (primary N) is 1. The van der Waals surface area contributed by atoms with E-state index in [0.29, 0.717) is 16.9 Å². The van der Waals surface area contributed by atoms with Gasteiger partial charge < -0.3 is 20.9 Å². The third-order valence-corrected chi connectivity index (χ3v) is 9.12. The highest BCUT2D eigenvalue weighted by molar-refractivity contribution is 7.94. The Hall–Kier alpha value is -3.93. The highest BCUT2D eigenvalue weighted by Crippen LogP contribution is 2.30. The number of carbonyl (C=O) groups excluding carboxylic acids is 1. The number of pyridine rings is 1. The first-order valence-corrected chi connectivity index (χ1v) is 14.4. The Morgan fingerprint density at radius 3 is 2.39 bits per heavy atom. The Morgan fingerprint density at radius 2 is 1.71 bits per heavy atom. The Morgan fingerprint density at radius 1 is 0.947 bits per heavy atom. The number of primary amides is 1. The molecule has 0 saturated carbocycles. The van der Waals surface area contributed by atoms with Crippen molar-refractivity contribution in [1.82, 2.24) is 9.88 Å². The first kappa shape index (κ1) is 25.7. The zero-order valence-electron chi connectivity index (χ0n) is 20.8. The summed E-state index contributed by atoms with van der Waals surface area (Å²) in [5.74, 6) is -0.648. The lowest BCUT2D eigenvalue weighted by Crippen LogP contribution is -2.44. The molecule has 4 N–H and O–H groups in total. The molecule has 196 valence electrons. The number of thiophene rings is 1. The lowest BCUT2D eigenvalue weighted by molar-refractivity contribution is 0.0996. The number of amides is 1. The maximum atomic E-state index is 12.6. The minimum atomic E-state index is -3.68. The van der Waals surface area contributed by atoms with Crippen LogP contribution >= 0.6 is 11.3 Å². The molecule has 0 atom stereocenters. The van der Waals surface area contributed by atoms with E-state index in [4.69, 9.17) is 5.73 Å². The van der Waals surface area contributed by atoms with Gasteiger partial charge in [-0.3, -0.25) is 9.52 Å². The monoisotopic (exact) mass is 548 g/mol. The highest BCUT2D eigenvalue weighted by Gasteiger charge is 2.17. The van der Waals surface area contributed by atoms with Gasteiger partial charge in [-0.1, -0.05) is 18.2 Å². The van der Waals surface area contributed by atoms with Crippen LogP contribution in [0.1, 0.15) is 10.5 Å². The quantitative estimate of drug-likeness (QED) is 0.302. The van der Waals surface area contributed by atoms with Gasteiger partial charge in [-0.2, -0.15) is 0 Å². The van der Waals surface area contributed by atoms with E-state index < -0.39 is 15.9 Å². The van der Waals surface area contributed by atoms with E-state index in [0.717, 1.165) is 54.5 Å². The van der Waals surface area contributed by atoms with Crippen LogP contribution in [0.5, 0.6) is 0 Å². The largest absolute Gasteiger partial charge is 0.369 e. The van der Waals surface area contributed by atoms with Crippen molar-refractivity contribution in [2.75, 3.05) is 48.2 Å². The van der Waals surface area contributed by atoms with E-state index in [2.05, 4.69) is 44.0 Å². The molecule has 1 aliphatic rings. The van der Waals surface area contributed by atoms with Crippen molar-refractivity contribution in [3.63, 3.8) is 0 Å². The molecule has 0 unspecified atom stereocenters. The smallest absolute Gasteiger partial charge is 0.271 e. The van der Waals surface area contributed by atoms with Crippen LogP contribution in [0, 0.1) is 0 Å². The number of nitrogens with zero attached hydrogens (tertiary/aromatic N) is 3. The van der Waals surface area contributed by atoms with Crippen molar-refractivity contribution in [1.29, 1.82) is 0 Å². The average Bonchev–Trinajstić information content (AvgIpc) is 3.46. The number of carbonyl (C=O) groups is 1. The fourth-order valence-corrected chi connectivity index (χ4v) is 6.32. The van der Waals surface area contributed by atoms with Gasteiger partial charge in [0.1, 0.15) is 4.21 Å². The van der Waals surface area contributed by atoms with Crippen molar-refractivity contribution in [3.05, 3.63) is 84.0 Å². The maximum absolute atomic E-state index is 12.6. The third-order valence-electron chi connectivity index (χ3n) is 6.34. The summed E-state index contributed by atoms with van der Waals surface area (Å²) in [5.41, 5.74) is 9.97. The van der Waals surface area contributed by atoms with E-state index in [9.17, 15) is 13.2 Å². The zero-order valence-corrected chi connectivity index (χ0v) is 22.4. The van der Waals surface area contributed by atoms with E-state index in [1.165, 1.54) is 0 Å². The molecule has 0 aliphatic carbocycles. The normalized spacial score (nSPS) is 14.3. The van der Waals surface area contributed by atoms with Gasteiger partial charge in [0.05, 0.1) is 5.69 Å².